The molecule has 0 unspecified atom stereocenters. The zero-order valence-electron chi connectivity index (χ0n) is 8.50. The Bertz CT molecular complexity index is 472. The second-order valence-electron chi connectivity index (χ2n) is 3.25. The molecular formula is C9H6F5NO3. The van der Waals surface area contributed by atoms with Gasteiger partial charge in [-0.15, -0.1) is 0 Å². The Kier molecular flexibility index (Phi) is 3.73. The number of carboxylic acid groups (broad SMARTS) is 1. The van der Waals surface area contributed by atoms with Gasteiger partial charge in [-0.25, -0.2) is 8.78 Å². The van der Waals surface area contributed by atoms with Crippen LogP contribution in [0.15, 0.2) is 6.20 Å². The molecule has 1 rings (SSSR count). The number of aromatic hydroxyl groups is 1. The van der Waals surface area contributed by atoms with E-state index in [1.165, 1.54) is 0 Å². The van der Waals surface area contributed by atoms with Crippen LogP contribution in [-0.2, 0) is 17.4 Å². The average Bonchev–Trinajstić information content (AvgIpc) is 2.17. The number of carbonyl (C=O) groups is 1. The number of hydrogen-bond acceptors (Lipinski definition) is 3. The highest BCUT2D eigenvalue weighted by molar-refractivity contribution is 5.72. The molecule has 0 spiro atoms. The van der Waals surface area contributed by atoms with Gasteiger partial charge in [0.2, 0.25) is 0 Å². The Morgan fingerprint density at radius 1 is 1.39 bits per heavy atom. The number of nitrogens with zero attached hydrogens (tertiary/aromatic N) is 1. The molecule has 0 radical (unpaired) electrons. The van der Waals surface area contributed by atoms with Gasteiger partial charge in [-0.1, -0.05) is 0 Å². The molecule has 0 aliphatic heterocycles. The Hall–Kier alpha value is -1.93. The molecule has 0 aliphatic rings. The summed E-state index contributed by atoms with van der Waals surface area (Å²) in [5, 5.41) is 17.6. The van der Waals surface area contributed by atoms with Crippen LogP contribution in [0.25, 0.3) is 0 Å². The van der Waals surface area contributed by atoms with Gasteiger partial charge in [0.25, 0.3) is 6.43 Å². The van der Waals surface area contributed by atoms with Gasteiger partial charge in [0, 0.05) is 5.56 Å². The second kappa shape index (κ2) is 4.75. The average molecular weight is 271 g/mol. The lowest BCUT2D eigenvalue weighted by Gasteiger charge is -2.16. The molecular weight excluding hydrogens is 265 g/mol. The van der Waals surface area contributed by atoms with Crippen molar-refractivity contribution in [3.63, 3.8) is 0 Å². The van der Waals surface area contributed by atoms with Crippen LogP contribution in [0.1, 0.15) is 23.2 Å². The summed E-state index contributed by atoms with van der Waals surface area (Å²) in [4.78, 5) is 13.2. The summed E-state index contributed by atoms with van der Waals surface area (Å²) in [6, 6.07) is 0. The molecule has 18 heavy (non-hydrogen) atoms. The molecule has 0 fully saturated rings. The number of alkyl halides is 5. The third kappa shape index (κ3) is 2.84. The number of rotatable bonds is 3. The SMILES string of the molecule is O=C(O)Cc1c(O)cnc(C(F)F)c1C(F)(F)F. The molecule has 0 atom stereocenters. The molecule has 1 aromatic heterocycles. The van der Waals surface area contributed by atoms with Gasteiger partial charge in [-0.3, -0.25) is 9.78 Å². The summed E-state index contributed by atoms with van der Waals surface area (Å²) in [7, 11) is 0. The largest absolute Gasteiger partial charge is 0.506 e. The highest BCUT2D eigenvalue weighted by Gasteiger charge is 2.40. The van der Waals surface area contributed by atoms with Gasteiger partial charge in [-0.05, 0) is 0 Å². The number of halogens is 5. The topological polar surface area (TPSA) is 70.4 Å². The van der Waals surface area contributed by atoms with Crippen molar-refractivity contribution in [3.05, 3.63) is 23.0 Å². The van der Waals surface area contributed by atoms with Crippen molar-refractivity contribution in [2.45, 2.75) is 19.0 Å². The first kappa shape index (κ1) is 14.1. The third-order valence-electron chi connectivity index (χ3n) is 2.01. The fourth-order valence-electron chi connectivity index (χ4n) is 1.37. The van der Waals surface area contributed by atoms with Gasteiger partial charge in [0.15, 0.2) is 0 Å². The van der Waals surface area contributed by atoms with E-state index in [1.807, 2.05) is 0 Å². The van der Waals surface area contributed by atoms with Gasteiger partial charge in [0.1, 0.15) is 11.4 Å². The second-order valence-corrected chi connectivity index (χ2v) is 3.25. The number of aromatic nitrogens is 1. The summed E-state index contributed by atoms with van der Waals surface area (Å²) in [6.07, 6.45) is -9.63. The third-order valence-corrected chi connectivity index (χ3v) is 2.01. The minimum Gasteiger partial charge on any atom is -0.506 e. The van der Waals surface area contributed by atoms with Crippen LogP contribution in [0.3, 0.4) is 0 Å². The Morgan fingerprint density at radius 2 is 1.94 bits per heavy atom. The lowest BCUT2D eigenvalue weighted by molar-refractivity contribution is -0.141. The van der Waals surface area contributed by atoms with E-state index >= 15 is 0 Å². The highest BCUT2D eigenvalue weighted by atomic mass is 19.4. The fraction of sp³-hybridized carbons (Fsp3) is 0.333. The standard InChI is InChI=1S/C9H6F5NO3/c10-8(11)7-6(9(12,13)14)3(1-5(17)18)4(16)2-15-7/h2,8,16H,1H2,(H,17,18). The van der Waals surface area contributed by atoms with Crippen LogP contribution < -0.4 is 0 Å². The molecule has 100 valence electrons. The monoisotopic (exact) mass is 271 g/mol. The first-order chi connectivity index (χ1) is 8.14. The van der Waals surface area contributed by atoms with Gasteiger partial charge >= 0.3 is 12.1 Å². The minimum absolute atomic E-state index is 0.370. The highest BCUT2D eigenvalue weighted by Crippen LogP contribution is 2.40. The van der Waals surface area contributed by atoms with Crippen molar-refractivity contribution >= 4 is 5.97 Å². The lowest BCUT2D eigenvalue weighted by Crippen LogP contribution is -2.17. The molecule has 2 N–H and O–H groups in total. The Labute approximate surface area is 96.7 Å². The molecule has 0 saturated heterocycles. The number of pyridine rings is 1. The van der Waals surface area contributed by atoms with E-state index in [1.54, 1.807) is 0 Å². The summed E-state index contributed by atoms with van der Waals surface area (Å²) in [6.45, 7) is 0. The summed E-state index contributed by atoms with van der Waals surface area (Å²) >= 11 is 0. The molecule has 0 aromatic carbocycles. The molecule has 0 amide bonds. The maximum absolute atomic E-state index is 12.6. The summed E-state index contributed by atoms with van der Waals surface area (Å²) in [5.41, 5.74) is -4.63. The number of aliphatic carboxylic acids is 1. The van der Waals surface area contributed by atoms with Crippen LogP contribution in [0.2, 0.25) is 0 Å². The predicted molar refractivity (Wildman–Crippen MR) is 47.2 cm³/mol. The Morgan fingerprint density at radius 3 is 2.33 bits per heavy atom. The van der Waals surface area contributed by atoms with E-state index in [0.29, 0.717) is 6.20 Å². The smallest absolute Gasteiger partial charge is 0.418 e. The number of hydrogen-bond donors (Lipinski definition) is 2. The van der Waals surface area contributed by atoms with Crippen molar-refractivity contribution in [1.29, 1.82) is 0 Å². The van der Waals surface area contributed by atoms with Crippen molar-refractivity contribution in [3.8, 4) is 5.75 Å². The molecule has 4 nitrogen and oxygen atoms in total. The molecule has 0 bridgehead atoms. The zero-order valence-corrected chi connectivity index (χ0v) is 8.50. The van der Waals surface area contributed by atoms with E-state index in [9.17, 15) is 26.7 Å². The number of carboxylic acids is 1. The summed E-state index contributed by atoms with van der Waals surface area (Å²) in [5.74, 6) is -2.78. The van der Waals surface area contributed by atoms with Crippen molar-refractivity contribution < 1.29 is 37.0 Å². The van der Waals surface area contributed by atoms with Crippen LogP contribution in [0.5, 0.6) is 5.75 Å². The van der Waals surface area contributed by atoms with Crippen LogP contribution in [-0.4, -0.2) is 21.2 Å². The van der Waals surface area contributed by atoms with Crippen molar-refractivity contribution in [2.75, 3.05) is 0 Å². The quantitative estimate of drug-likeness (QED) is 0.828. The molecule has 1 heterocycles. The maximum Gasteiger partial charge on any atom is 0.418 e. The van der Waals surface area contributed by atoms with E-state index in [2.05, 4.69) is 4.98 Å². The summed E-state index contributed by atoms with van der Waals surface area (Å²) < 4.78 is 62.7. The van der Waals surface area contributed by atoms with Gasteiger partial charge in [0.05, 0.1) is 18.2 Å². The van der Waals surface area contributed by atoms with Gasteiger partial charge in [-0.2, -0.15) is 13.2 Å². The maximum atomic E-state index is 12.6. The van der Waals surface area contributed by atoms with Crippen LogP contribution in [0, 0.1) is 0 Å². The first-order valence-corrected chi connectivity index (χ1v) is 4.42. The predicted octanol–water partition coefficient (Wildman–Crippen LogP) is 2.37. The fourth-order valence-corrected chi connectivity index (χ4v) is 1.37. The zero-order chi connectivity index (χ0) is 14.1. The molecule has 0 aliphatic carbocycles. The molecule has 0 saturated carbocycles. The van der Waals surface area contributed by atoms with E-state index in [-0.39, 0.29) is 0 Å². The first-order valence-electron chi connectivity index (χ1n) is 4.42. The molecule has 1 aromatic rings. The normalized spacial score (nSPS) is 11.9. The van der Waals surface area contributed by atoms with Crippen molar-refractivity contribution in [1.82, 2.24) is 4.98 Å². The van der Waals surface area contributed by atoms with E-state index in [4.69, 9.17) is 10.2 Å². The van der Waals surface area contributed by atoms with Gasteiger partial charge < -0.3 is 10.2 Å². The molecule has 9 heteroatoms. The van der Waals surface area contributed by atoms with Crippen molar-refractivity contribution in [2.24, 2.45) is 0 Å². The Balaban J connectivity index is 3.55. The minimum atomic E-state index is -5.23. The van der Waals surface area contributed by atoms with E-state index in [0.717, 1.165) is 0 Å². The lowest BCUT2D eigenvalue weighted by atomic mass is 10.0. The van der Waals surface area contributed by atoms with Crippen LogP contribution in [0.4, 0.5) is 22.0 Å². The van der Waals surface area contributed by atoms with E-state index < -0.39 is 47.6 Å². The van der Waals surface area contributed by atoms with Crippen LogP contribution >= 0.6 is 0 Å².